The molecular weight excluding hydrogens is 297 g/mol. The smallest absolute Gasteiger partial charge is 0.328 e. The summed E-state index contributed by atoms with van der Waals surface area (Å²) in [7, 11) is 1.27. The molecule has 0 aromatic heterocycles. The summed E-state index contributed by atoms with van der Waals surface area (Å²) in [4.78, 5) is 23.9. The van der Waals surface area contributed by atoms with E-state index >= 15 is 0 Å². The van der Waals surface area contributed by atoms with Crippen molar-refractivity contribution in [3.05, 3.63) is 48.3 Å². The quantitative estimate of drug-likeness (QED) is 0.407. The van der Waals surface area contributed by atoms with Crippen LogP contribution in [0.1, 0.15) is 48.9 Å². The molecule has 1 rings (SSSR count). The number of hydrogen-bond donors (Lipinski definition) is 1. The first kappa shape index (κ1) is 18.9. The van der Waals surface area contributed by atoms with E-state index in [1.54, 1.807) is 6.07 Å². The molecule has 1 aromatic rings. The Kier molecular flexibility index (Phi) is 8.65. The van der Waals surface area contributed by atoms with Crippen molar-refractivity contribution < 1.29 is 18.7 Å². The van der Waals surface area contributed by atoms with E-state index in [9.17, 15) is 14.0 Å². The maximum absolute atomic E-state index is 13.6. The molecule has 1 N–H and O–H groups in total. The fourth-order valence-electron chi connectivity index (χ4n) is 2.26. The molecule has 126 valence electrons. The Morgan fingerprint density at radius 1 is 1.26 bits per heavy atom. The van der Waals surface area contributed by atoms with Crippen molar-refractivity contribution in [3.63, 3.8) is 0 Å². The molecule has 1 aromatic carbocycles. The van der Waals surface area contributed by atoms with E-state index < -0.39 is 23.7 Å². The fraction of sp³-hybridized carbons (Fsp3) is 0.444. The summed E-state index contributed by atoms with van der Waals surface area (Å²) in [5.41, 5.74) is -0.0765. The summed E-state index contributed by atoms with van der Waals surface area (Å²) in [6.45, 7) is 3.67. The van der Waals surface area contributed by atoms with Crippen LogP contribution in [-0.2, 0) is 9.53 Å². The number of rotatable bonds is 10. The van der Waals surface area contributed by atoms with Crippen LogP contribution in [-0.4, -0.2) is 25.0 Å². The second kappa shape index (κ2) is 10.5. The molecular formula is C18H24FNO3. The molecule has 5 heteroatoms. The van der Waals surface area contributed by atoms with Crippen LogP contribution in [0.15, 0.2) is 36.9 Å². The van der Waals surface area contributed by atoms with E-state index in [0.29, 0.717) is 6.42 Å². The van der Waals surface area contributed by atoms with E-state index in [0.717, 1.165) is 32.1 Å². The van der Waals surface area contributed by atoms with Crippen LogP contribution >= 0.6 is 0 Å². The second-order valence-corrected chi connectivity index (χ2v) is 5.31. The van der Waals surface area contributed by atoms with Gasteiger partial charge in [-0.2, -0.15) is 0 Å². The van der Waals surface area contributed by atoms with Crippen molar-refractivity contribution in [1.82, 2.24) is 5.32 Å². The number of hydrogen-bond acceptors (Lipinski definition) is 3. The highest BCUT2D eigenvalue weighted by Crippen LogP contribution is 2.11. The molecule has 0 fully saturated rings. The lowest BCUT2D eigenvalue weighted by molar-refractivity contribution is -0.143. The number of ether oxygens (including phenoxy) is 1. The number of methoxy groups -OCH3 is 1. The van der Waals surface area contributed by atoms with Gasteiger partial charge in [0.1, 0.15) is 11.9 Å². The van der Waals surface area contributed by atoms with Gasteiger partial charge in [-0.05, 0) is 31.4 Å². The van der Waals surface area contributed by atoms with Gasteiger partial charge in [0, 0.05) is 0 Å². The summed E-state index contributed by atoms with van der Waals surface area (Å²) in [5.74, 6) is -1.73. The van der Waals surface area contributed by atoms with Crippen molar-refractivity contribution in [3.8, 4) is 0 Å². The topological polar surface area (TPSA) is 55.4 Å². The third-order valence-corrected chi connectivity index (χ3v) is 3.56. The summed E-state index contributed by atoms with van der Waals surface area (Å²) < 4.78 is 18.3. The number of nitrogens with one attached hydrogen (secondary N) is 1. The van der Waals surface area contributed by atoms with E-state index in [4.69, 9.17) is 4.74 Å². The predicted molar refractivity (Wildman–Crippen MR) is 87.6 cm³/mol. The first-order valence-electron chi connectivity index (χ1n) is 7.84. The van der Waals surface area contributed by atoms with Crippen molar-refractivity contribution >= 4 is 11.9 Å². The summed E-state index contributed by atoms with van der Waals surface area (Å²) >= 11 is 0. The monoisotopic (exact) mass is 321 g/mol. The van der Waals surface area contributed by atoms with Crippen molar-refractivity contribution in [2.75, 3.05) is 7.11 Å². The van der Waals surface area contributed by atoms with Crippen LogP contribution in [0.5, 0.6) is 0 Å². The highest BCUT2D eigenvalue weighted by molar-refractivity contribution is 5.96. The first-order chi connectivity index (χ1) is 11.1. The molecule has 0 unspecified atom stereocenters. The molecule has 0 bridgehead atoms. The lowest BCUT2D eigenvalue weighted by Gasteiger charge is -2.16. The van der Waals surface area contributed by atoms with E-state index in [2.05, 4.69) is 11.9 Å². The molecule has 23 heavy (non-hydrogen) atoms. The SMILES string of the molecule is C=CCCCCCC[C@@H](NC(=O)c1ccccc1F)C(=O)OC. The van der Waals surface area contributed by atoms with Gasteiger partial charge in [-0.25, -0.2) is 9.18 Å². The van der Waals surface area contributed by atoms with Crippen LogP contribution < -0.4 is 5.32 Å². The van der Waals surface area contributed by atoms with Crippen LogP contribution in [0, 0.1) is 5.82 Å². The highest BCUT2D eigenvalue weighted by Gasteiger charge is 2.22. The molecule has 0 aliphatic heterocycles. The van der Waals surface area contributed by atoms with Gasteiger partial charge in [0.2, 0.25) is 0 Å². The van der Waals surface area contributed by atoms with Gasteiger partial charge < -0.3 is 10.1 Å². The molecule has 1 amide bonds. The summed E-state index contributed by atoms with van der Waals surface area (Å²) in [6, 6.07) is 4.92. The first-order valence-corrected chi connectivity index (χ1v) is 7.84. The number of unbranched alkanes of at least 4 members (excludes halogenated alkanes) is 4. The zero-order valence-corrected chi connectivity index (χ0v) is 13.5. The summed E-state index contributed by atoms with van der Waals surface area (Å²) in [6.07, 6.45) is 7.18. The Hall–Kier alpha value is -2.17. The highest BCUT2D eigenvalue weighted by atomic mass is 19.1. The number of benzene rings is 1. The normalized spacial score (nSPS) is 11.6. The largest absolute Gasteiger partial charge is 0.467 e. The minimum Gasteiger partial charge on any atom is -0.467 e. The lowest BCUT2D eigenvalue weighted by Crippen LogP contribution is -2.41. The van der Waals surface area contributed by atoms with Gasteiger partial charge in [0.05, 0.1) is 12.7 Å². The number of halogens is 1. The van der Waals surface area contributed by atoms with Gasteiger partial charge >= 0.3 is 5.97 Å². The minimum atomic E-state index is -0.758. The maximum atomic E-state index is 13.6. The van der Waals surface area contributed by atoms with Gasteiger partial charge in [-0.3, -0.25) is 4.79 Å². The fourth-order valence-corrected chi connectivity index (χ4v) is 2.26. The Labute approximate surface area is 136 Å². The molecule has 4 nitrogen and oxygen atoms in total. The van der Waals surface area contributed by atoms with Crippen LogP contribution in [0.2, 0.25) is 0 Å². The Morgan fingerprint density at radius 2 is 1.96 bits per heavy atom. The molecule has 0 aliphatic rings. The number of esters is 1. The maximum Gasteiger partial charge on any atom is 0.328 e. The zero-order chi connectivity index (χ0) is 17.1. The molecule has 0 aliphatic carbocycles. The average molecular weight is 321 g/mol. The predicted octanol–water partition coefficient (Wildman–Crippen LogP) is 3.62. The number of carbonyl (C=O) groups is 2. The van der Waals surface area contributed by atoms with Crippen molar-refractivity contribution in [2.45, 2.75) is 44.6 Å². The van der Waals surface area contributed by atoms with Crippen molar-refractivity contribution in [2.24, 2.45) is 0 Å². The molecule has 0 heterocycles. The van der Waals surface area contributed by atoms with E-state index in [1.807, 2.05) is 6.08 Å². The molecule has 0 saturated carbocycles. The van der Waals surface area contributed by atoms with Gasteiger partial charge in [0.15, 0.2) is 0 Å². The second-order valence-electron chi connectivity index (χ2n) is 5.31. The number of carbonyl (C=O) groups excluding carboxylic acids is 2. The summed E-state index contributed by atoms with van der Waals surface area (Å²) in [5, 5.41) is 2.56. The van der Waals surface area contributed by atoms with Gasteiger partial charge in [-0.1, -0.05) is 37.5 Å². The Balaban J connectivity index is 2.54. The number of allylic oxidation sites excluding steroid dienone is 1. The molecule has 1 atom stereocenters. The standard InChI is InChI=1S/C18H24FNO3/c1-3-4-5-6-7-8-13-16(18(22)23-2)20-17(21)14-11-9-10-12-15(14)19/h3,9-12,16H,1,4-8,13H2,2H3,(H,20,21)/t16-/m1/s1. The van der Waals surface area contributed by atoms with E-state index in [1.165, 1.54) is 25.3 Å². The van der Waals surface area contributed by atoms with Crippen LogP contribution in [0.4, 0.5) is 4.39 Å². The molecule has 0 saturated heterocycles. The Bertz CT molecular complexity index is 531. The third-order valence-electron chi connectivity index (χ3n) is 3.56. The van der Waals surface area contributed by atoms with Gasteiger partial charge in [-0.15, -0.1) is 6.58 Å². The third kappa shape index (κ3) is 6.63. The lowest BCUT2D eigenvalue weighted by atomic mass is 10.1. The average Bonchev–Trinajstić information content (AvgIpc) is 2.56. The van der Waals surface area contributed by atoms with Gasteiger partial charge in [0.25, 0.3) is 5.91 Å². The zero-order valence-electron chi connectivity index (χ0n) is 13.5. The minimum absolute atomic E-state index is 0.0765. The van der Waals surface area contributed by atoms with Crippen molar-refractivity contribution in [1.29, 1.82) is 0 Å². The Morgan fingerprint density at radius 3 is 2.61 bits per heavy atom. The molecule has 0 spiro atoms. The molecule has 0 radical (unpaired) electrons. The number of amides is 1. The van der Waals surface area contributed by atoms with Crippen LogP contribution in [0.25, 0.3) is 0 Å². The van der Waals surface area contributed by atoms with Crippen LogP contribution in [0.3, 0.4) is 0 Å². The van der Waals surface area contributed by atoms with E-state index in [-0.39, 0.29) is 5.56 Å².